The molecule has 2 unspecified atom stereocenters. The second-order valence-electron chi connectivity index (χ2n) is 5.60. The zero-order valence-corrected chi connectivity index (χ0v) is 14.1. The number of carboxylic acid groups (broad SMARTS) is 1. The number of carbonyl (C=O) groups is 2. The molecule has 2 N–H and O–H groups in total. The normalized spacial score (nSPS) is 19.1. The van der Waals surface area contributed by atoms with Crippen LogP contribution in [0, 0.1) is 5.92 Å². The number of hydrogen-bond donors (Lipinski definition) is 2. The fourth-order valence-electron chi connectivity index (χ4n) is 2.61. The maximum absolute atomic E-state index is 12.3. The van der Waals surface area contributed by atoms with Crippen LogP contribution in [0.2, 0.25) is 0 Å². The number of benzene rings is 1. The Morgan fingerprint density at radius 1 is 1.39 bits per heavy atom. The highest BCUT2D eigenvalue weighted by Crippen LogP contribution is 2.19. The molecule has 6 heteroatoms. The molecule has 2 rings (SSSR count). The van der Waals surface area contributed by atoms with Crippen molar-refractivity contribution in [1.82, 2.24) is 5.32 Å². The molecule has 1 saturated heterocycles. The molecule has 23 heavy (non-hydrogen) atoms. The molecule has 1 aromatic carbocycles. The van der Waals surface area contributed by atoms with Gasteiger partial charge in [0.15, 0.2) is 0 Å². The van der Waals surface area contributed by atoms with E-state index in [0.717, 1.165) is 29.9 Å². The number of amides is 1. The molecule has 1 aliphatic heterocycles. The fraction of sp³-hybridized carbons (Fsp3) is 0.529. The predicted molar refractivity (Wildman–Crippen MR) is 90.7 cm³/mol. The zero-order valence-electron chi connectivity index (χ0n) is 13.3. The fourth-order valence-corrected chi connectivity index (χ4v) is 3.24. The van der Waals surface area contributed by atoms with Gasteiger partial charge in [0.2, 0.25) is 0 Å². The summed E-state index contributed by atoms with van der Waals surface area (Å²) in [7, 11) is 0. The summed E-state index contributed by atoms with van der Waals surface area (Å²) in [5.41, 5.74) is 1.64. The van der Waals surface area contributed by atoms with Gasteiger partial charge >= 0.3 is 5.97 Å². The number of carbonyl (C=O) groups excluding carboxylic acids is 1. The van der Waals surface area contributed by atoms with Gasteiger partial charge in [-0.15, -0.1) is 0 Å². The summed E-state index contributed by atoms with van der Waals surface area (Å²) in [6, 6.07) is 6.42. The lowest BCUT2D eigenvalue weighted by molar-refractivity contribution is -0.142. The summed E-state index contributed by atoms with van der Waals surface area (Å²) < 4.78 is 5.34. The van der Waals surface area contributed by atoms with Gasteiger partial charge in [0, 0.05) is 23.8 Å². The van der Waals surface area contributed by atoms with Crippen molar-refractivity contribution in [2.24, 2.45) is 5.92 Å². The van der Waals surface area contributed by atoms with E-state index in [1.54, 1.807) is 12.1 Å². The summed E-state index contributed by atoms with van der Waals surface area (Å²) in [4.78, 5) is 23.8. The minimum Gasteiger partial charge on any atom is -0.480 e. The quantitative estimate of drug-likeness (QED) is 0.800. The van der Waals surface area contributed by atoms with Crippen LogP contribution >= 0.6 is 11.8 Å². The van der Waals surface area contributed by atoms with E-state index in [9.17, 15) is 14.7 Å². The summed E-state index contributed by atoms with van der Waals surface area (Å²) >= 11 is 1.82. The van der Waals surface area contributed by atoms with Crippen molar-refractivity contribution < 1.29 is 19.4 Å². The monoisotopic (exact) mass is 337 g/mol. The average molecular weight is 337 g/mol. The Bertz CT molecular complexity index is 526. The molecule has 0 bridgehead atoms. The Hall–Kier alpha value is -1.53. The van der Waals surface area contributed by atoms with E-state index < -0.39 is 12.0 Å². The predicted octanol–water partition coefficient (Wildman–Crippen LogP) is 2.55. The van der Waals surface area contributed by atoms with E-state index in [1.165, 1.54) is 0 Å². The Morgan fingerprint density at radius 3 is 2.70 bits per heavy atom. The number of hydrogen-bond acceptors (Lipinski definition) is 4. The third-order valence-electron chi connectivity index (χ3n) is 3.91. The van der Waals surface area contributed by atoms with Gasteiger partial charge in [-0.3, -0.25) is 4.79 Å². The third-order valence-corrected chi connectivity index (χ3v) is 4.85. The van der Waals surface area contributed by atoms with Crippen LogP contribution in [-0.2, 0) is 15.3 Å². The Balaban J connectivity index is 1.99. The third kappa shape index (κ3) is 5.25. The van der Waals surface area contributed by atoms with Gasteiger partial charge in [-0.25, -0.2) is 4.79 Å². The van der Waals surface area contributed by atoms with Crippen molar-refractivity contribution in [1.29, 1.82) is 0 Å². The average Bonchev–Trinajstić information content (AvgIpc) is 2.58. The second kappa shape index (κ2) is 8.93. The number of thioether (sulfide) groups is 1. The van der Waals surface area contributed by atoms with E-state index >= 15 is 0 Å². The molecular formula is C17H23NO4S. The molecule has 0 aromatic heterocycles. The topological polar surface area (TPSA) is 75.6 Å². The van der Waals surface area contributed by atoms with E-state index in [1.807, 2.05) is 23.9 Å². The first-order chi connectivity index (χ1) is 11.1. The van der Waals surface area contributed by atoms with Crippen LogP contribution in [0.25, 0.3) is 0 Å². The van der Waals surface area contributed by atoms with Gasteiger partial charge in [-0.1, -0.05) is 19.1 Å². The molecule has 0 saturated carbocycles. The molecule has 5 nitrogen and oxygen atoms in total. The summed E-state index contributed by atoms with van der Waals surface area (Å²) in [6.45, 7) is 3.14. The molecule has 1 amide bonds. The number of nitrogens with one attached hydrogen (secondary N) is 1. The molecule has 0 spiro atoms. The van der Waals surface area contributed by atoms with Crippen LogP contribution in [-0.4, -0.2) is 42.0 Å². The van der Waals surface area contributed by atoms with Gasteiger partial charge < -0.3 is 15.2 Å². The molecule has 1 heterocycles. The van der Waals surface area contributed by atoms with Crippen LogP contribution in [0.5, 0.6) is 0 Å². The minimum atomic E-state index is -1.01. The standard InChI is InChI=1S/C17H23NO4S/c1-2-23-11-12-5-7-13(8-6-12)16(19)18-15(17(20)21)14-4-3-9-22-10-14/h5-8,14-15H,2-4,9-11H2,1H3,(H,18,19)(H,20,21). The highest BCUT2D eigenvalue weighted by atomic mass is 32.2. The first-order valence-electron chi connectivity index (χ1n) is 7.90. The Morgan fingerprint density at radius 2 is 2.13 bits per heavy atom. The lowest BCUT2D eigenvalue weighted by atomic mass is 9.93. The molecule has 2 atom stereocenters. The number of ether oxygens (including phenoxy) is 1. The van der Waals surface area contributed by atoms with Crippen LogP contribution in [0.4, 0.5) is 0 Å². The number of carboxylic acids is 1. The smallest absolute Gasteiger partial charge is 0.326 e. The molecule has 1 fully saturated rings. The van der Waals surface area contributed by atoms with Gasteiger partial charge in [-0.2, -0.15) is 11.8 Å². The lowest BCUT2D eigenvalue weighted by Crippen LogP contribution is -2.48. The van der Waals surface area contributed by atoms with Crippen LogP contribution < -0.4 is 5.32 Å². The highest BCUT2D eigenvalue weighted by molar-refractivity contribution is 7.98. The SMILES string of the molecule is CCSCc1ccc(C(=O)NC(C(=O)O)C2CCCOC2)cc1. The molecule has 1 aliphatic rings. The van der Waals surface area contributed by atoms with Crippen LogP contribution in [0.1, 0.15) is 35.7 Å². The number of rotatable bonds is 7. The van der Waals surface area contributed by atoms with Gasteiger partial charge in [0.05, 0.1) is 6.61 Å². The van der Waals surface area contributed by atoms with Crippen molar-refractivity contribution in [3.05, 3.63) is 35.4 Å². The van der Waals surface area contributed by atoms with Crippen molar-refractivity contribution >= 4 is 23.6 Å². The van der Waals surface area contributed by atoms with E-state index in [0.29, 0.717) is 18.8 Å². The minimum absolute atomic E-state index is 0.176. The van der Waals surface area contributed by atoms with E-state index in [-0.39, 0.29) is 11.8 Å². The van der Waals surface area contributed by atoms with Gasteiger partial charge in [-0.05, 0) is 36.3 Å². The molecule has 0 aliphatic carbocycles. The van der Waals surface area contributed by atoms with E-state index in [2.05, 4.69) is 12.2 Å². The van der Waals surface area contributed by atoms with Crippen LogP contribution in [0.3, 0.4) is 0 Å². The van der Waals surface area contributed by atoms with Crippen molar-refractivity contribution in [3.8, 4) is 0 Å². The summed E-state index contributed by atoms with van der Waals surface area (Å²) in [6.07, 6.45) is 1.58. The second-order valence-corrected chi connectivity index (χ2v) is 6.87. The maximum Gasteiger partial charge on any atom is 0.326 e. The molecule has 0 radical (unpaired) electrons. The first-order valence-corrected chi connectivity index (χ1v) is 9.05. The molecule has 126 valence electrons. The first kappa shape index (κ1) is 17.8. The van der Waals surface area contributed by atoms with Gasteiger partial charge in [0.1, 0.15) is 6.04 Å². The van der Waals surface area contributed by atoms with Crippen molar-refractivity contribution in [2.75, 3.05) is 19.0 Å². The molecule has 1 aromatic rings. The van der Waals surface area contributed by atoms with Crippen molar-refractivity contribution in [2.45, 2.75) is 31.6 Å². The molecular weight excluding hydrogens is 314 g/mol. The largest absolute Gasteiger partial charge is 0.480 e. The highest BCUT2D eigenvalue weighted by Gasteiger charge is 2.31. The lowest BCUT2D eigenvalue weighted by Gasteiger charge is -2.28. The van der Waals surface area contributed by atoms with Crippen molar-refractivity contribution in [3.63, 3.8) is 0 Å². The van der Waals surface area contributed by atoms with Crippen LogP contribution in [0.15, 0.2) is 24.3 Å². The number of aliphatic carboxylic acids is 1. The van der Waals surface area contributed by atoms with Gasteiger partial charge in [0.25, 0.3) is 5.91 Å². The Kier molecular flexibility index (Phi) is 6.92. The summed E-state index contributed by atoms with van der Waals surface area (Å²) in [5.74, 6) is 0.426. The Labute approximate surface area is 140 Å². The zero-order chi connectivity index (χ0) is 16.7. The summed E-state index contributed by atoms with van der Waals surface area (Å²) in [5, 5.41) is 12.0. The van der Waals surface area contributed by atoms with E-state index in [4.69, 9.17) is 4.74 Å². The maximum atomic E-state index is 12.3.